The molecule has 0 aliphatic heterocycles. The SMILES string of the molecule is COc1ccc(CNC(=O)c2cnn(-c3ccc(-c4nc(C(C)(C)C)no4)cn3)c2C)cc1OC. The van der Waals surface area contributed by atoms with E-state index in [0.717, 1.165) is 5.56 Å². The highest BCUT2D eigenvalue weighted by molar-refractivity contribution is 5.95. The molecule has 0 bridgehead atoms. The first-order chi connectivity index (χ1) is 16.7. The topological polar surface area (TPSA) is 117 Å². The lowest BCUT2D eigenvalue weighted by molar-refractivity contribution is 0.0950. The zero-order chi connectivity index (χ0) is 25.2. The maximum atomic E-state index is 12.8. The van der Waals surface area contributed by atoms with Crippen molar-refractivity contribution in [2.45, 2.75) is 39.7 Å². The van der Waals surface area contributed by atoms with Crippen LogP contribution in [0.2, 0.25) is 0 Å². The highest BCUT2D eigenvalue weighted by atomic mass is 16.5. The van der Waals surface area contributed by atoms with Crippen molar-refractivity contribution in [1.82, 2.24) is 30.2 Å². The molecule has 1 aromatic carbocycles. The zero-order valence-corrected chi connectivity index (χ0v) is 20.6. The smallest absolute Gasteiger partial charge is 0.259 e. The molecule has 0 atom stereocenters. The van der Waals surface area contributed by atoms with Gasteiger partial charge in [0.05, 0.1) is 37.2 Å². The Morgan fingerprint density at radius 1 is 1.09 bits per heavy atom. The van der Waals surface area contributed by atoms with Gasteiger partial charge in [-0.2, -0.15) is 10.1 Å². The van der Waals surface area contributed by atoms with Crippen LogP contribution in [0.25, 0.3) is 17.3 Å². The number of carbonyl (C=O) groups is 1. The second-order valence-corrected chi connectivity index (χ2v) is 9.01. The average Bonchev–Trinajstić information content (AvgIpc) is 3.50. The molecule has 182 valence electrons. The fourth-order valence-corrected chi connectivity index (χ4v) is 3.41. The molecule has 35 heavy (non-hydrogen) atoms. The fourth-order valence-electron chi connectivity index (χ4n) is 3.41. The molecule has 10 heteroatoms. The van der Waals surface area contributed by atoms with Crippen LogP contribution < -0.4 is 14.8 Å². The summed E-state index contributed by atoms with van der Waals surface area (Å²) in [6.07, 6.45) is 3.18. The average molecular weight is 477 g/mol. The fraction of sp³-hybridized carbons (Fsp3) is 0.320. The minimum atomic E-state index is -0.235. The predicted octanol–water partition coefficient (Wildman–Crippen LogP) is 3.87. The Morgan fingerprint density at radius 3 is 2.49 bits per heavy atom. The summed E-state index contributed by atoms with van der Waals surface area (Å²) in [6, 6.07) is 9.13. The van der Waals surface area contributed by atoms with Crippen molar-refractivity contribution in [3.8, 4) is 28.8 Å². The number of nitrogens with one attached hydrogen (secondary N) is 1. The summed E-state index contributed by atoms with van der Waals surface area (Å²) in [4.78, 5) is 21.7. The Kier molecular flexibility index (Phi) is 6.54. The summed E-state index contributed by atoms with van der Waals surface area (Å²) in [5.74, 6) is 2.60. The molecule has 0 fully saturated rings. The van der Waals surface area contributed by atoms with E-state index >= 15 is 0 Å². The predicted molar refractivity (Wildman–Crippen MR) is 129 cm³/mol. The van der Waals surface area contributed by atoms with Crippen LogP contribution in [0.1, 0.15) is 48.2 Å². The van der Waals surface area contributed by atoms with Crippen LogP contribution in [0.3, 0.4) is 0 Å². The van der Waals surface area contributed by atoms with Crippen molar-refractivity contribution in [2.24, 2.45) is 0 Å². The number of benzene rings is 1. The van der Waals surface area contributed by atoms with Crippen LogP contribution in [0, 0.1) is 6.92 Å². The number of pyridine rings is 1. The molecular formula is C25H28N6O4. The van der Waals surface area contributed by atoms with E-state index in [1.807, 2.05) is 45.9 Å². The Morgan fingerprint density at radius 2 is 1.86 bits per heavy atom. The number of hydrogen-bond donors (Lipinski definition) is 1. The van der Waals surface area contributed by atoms with Crippen molar-refractivity contribution in [3.05, 3.63) is 65.4 Å². The third-order valence-corrected chi connectivity index (χ3v) is 5.46. The summed E-state index contributed by atoms with van der Waals surface area (Å²) in [5, 5.41) is 11.3. The van der Waals surface area contributed by atoms with Crippen molar-refractivity contribution < 1.29 is 18.8 Å². The lowest BCUT2D eigenvalue weighted by atomic mass is 9.96. The van der Waals surface area contributed by atoms with Gasteiger partial charge in [0.15, 0.2) is 23.1 Å². The van der Waals surface area contributed by atoms with E-state index in [9.17, 15) is 4.79 Å². The summed E-state index contributed by atoms with van der Waals surface area (Å²) < 4.78 is 17.6. The van der Waals surface area contributed by atoms with E-state index in [1.165, 1.54) is 6.20 Å². The maximum absolute atomic E-state index is 12.8. The molecule has 0 unspecified atom stereocenters. The number of carbonyl (C=O) groups excluding carboxylic acids is 1. The molecule has 3 heterocycles. The van der Waals surface area contributed by atoms with Gasteiger partial charge in [0.25, 0.3) is 11.8 Å². The number of methoxy groups -OCH3 is 2. The lowest BCUT2D eigenvalue weighted by Gasteiger charge is -2.10. The molecule has 10 nitrogen and oxygen atoms in total. The van der Waals surface area contributed by atoms with Crippen LogP contribution in [0.5, 0.6) is 11.5 Å². The Bertz CT molecular complexity index is 1330. The molecule has 0 aliphatic carbocycles. The van der Waals surface area contributed by atoms with E-state index in [4.69, 9.17) is 14.0 Å². The highest BCUT2D eigenvalue weighted by Crippen LogP contribution is 2.27. The van der Waals surface area contributed by atoms with Gasteiger partial charge in [-0.15, -0.1) is 0 Å². The minimum Gasteiger partial charge on any atom is -0.493 e. The van der Waals surface area contributed by atoms with Crippen LogP contribution in [0.4, 0.5) is 0 Å². The second-order valence-electron chi connectivity index (χ2n) is 9.01. The maximum Gasteiger partial charge on any atom is 0.259 e. The molecule has 0 saturated heterocycles. The number of ether oxygens (including phenoxy) is 2. The van der Waals surface area contributed by atoms with Crippen LogP contribution in [0.15, 0.2) is 47.2 Å². The Labute approximate surface area is 203 Å². The Balaban J connectivity index is 1.46. The number of amides is 1. The molecular weight excluding hydrogens is 448 g/mol. The standard InChI is InChI=1S/C25H28N6O4/c1-15-18(22(32)27-12-16-7-9-19(33-5)20(11-16)34-6)14-28-31(15)21-10-8-17(13-26-21)23-29-24(30-35-23)25(2,3)4/h7-11,13-14H,12H2,1-6H3,(H,27,32). The van der Waals surface area contributed by atoms with Crippen LogP contribution in [-0.2, 0) is 12.0 Å². The van der Waals surface area contributed by atoms with Gasteiger partial charge in [0.2, 0.25) is 0 Å². The second kappa shape index (κ2) is 9.57. The molecule has 1 amide bonds. The normalized spacial score (nSPS) is 11.4. The van der Waals surface area contributed by atoms with Gasteiger partial charge >= 0.3 is 0 Å². The summed E-state index contributed by atoms with van der Waals surface area (Å²) in [7, 11) is 3.15. The van der Waals surface area contributed by atoms with E-state index in [2.05, 4.69) is 25.5 Å². The van der Waals surface area contributed by atoms with Gasteiger partial charge in [-0.1, -0.05) is 32.0 Å². The Hall–Kier alpha value is -4.21. The number of aromatic nitrogens is 5. The lowest BCUT2D eigenvalue weighted by Crippen LogP contribution is -2.23. The van der Waals surface area contributed by atoms with Crippen LogP contribution in [-0.4, -0.2) is 45.0 Å². The van der Waals surface area contributed by atoms with Crippen molar-refractivity contribution >= 4 is 5.91 Å². The van der Waals surface area contributed by atoms with Gasteiger partial charge in [-0.05, 0) is 36.8 Å². The van der Waals surface area contributed by atoms with Crippen molar-refractivity contribution in [1.29, 1.82) is 0 Å². The monoisotopic (exact) mass is 476 g/mol. The first-order valence-corrected chi connectivity index (χ1v) is 11.1. The van der Waals surface area contributed by atoms with E-state index in [-0.39, 0.29) is 11.3 Å². The van der Waals surface area contributed by atoms with Gasteiger partial charge < -0.3 is 19.3 Å². The van der Waals surface area contributed by atoms with Gasteiger partial charge in [-0.25, -0.2) is 9.67 Å². The summed E-state index contributed by atoms with van der Waals surface area (Å²) >= 11 is 0. The summed E-state index contributed by atoms with van der Waals surface area (Å²) in [6.45, 7) is 8.21. The summed E-state index contributed by atoms with van der Waals surface area (Å²) in [5.41, 5.74) is 2.51. The van der Waals surface area contributed by atoms with Crippen LogP contribution >= 0.6 is 0 Å². The molecule has 0 spiro atoms. The first-order valence-electron chi connectivity index (χ1n) is 11.1. The first kappa shape index (κ1) is 23.9. The van der Waals surface area contributed by atoms with Crippen molar-refractivity contribution in [3.63, 3.8) is 0 Å². The molecule has 0 radical (unpaired) electrons. The van der Waals surface area contributed by atoms with E-state index in [0.29, 0.717) is 52.4 Å². The van der Waals surface area contributed by atoms with Gasteiger partial charge in [0.1, 0.15) is 0 Å². The highest BCUT2D eigenvalue weighted by Gasteiger charge is 2.22. The third-order valence-electron chi connectivity index (χ3n) is 5.46. The molecule has 0 aliphatic rings. The molecule has 1 N–H and O–H groups in total. The number of rotatable bonds is 7. The molecule has 3 aromatic heterocycles. The molecule has 4 aromatic rings. The van der Waals surface area contributed by atoms with Gasteiger partial charge in [-0.3, -0.25) is 4.79 Å². The number of nitrogens with zero attached hydrogens (tertiary/aromatic N) is 5. The minimum absolute atomic E-state index is 0.211. The van der Waals surface area contributed by atoms with Gasteiger partial charge in [0, 0.05) is 18.2 Å². The largest absolute Gasteiger partial charge is 0.493 e. The van der Waals surface area contributed by atoms with E-state index in [1.54, 1.807) is 37.2 Å². The molecule has 0 saturated carbocycles. The van der Waals surface area contributed by atoms with E-state index < -0.39 is 0 Å². The number of hydrogen-bond acceptors (Lipinski definition) is 8. The van der Waals surface area contributed by atoms with Crippen molar-refractivity contribution in [2.75, 3.05) is 14.2 Å². The zero-order valence-electron chi connectivity index (χ0n) is 20.6. The molecule has 4 rings (SSSR count). The quantitative estimate of drug-likeness (QED) is 0.427. The third kappa shape index (κ3) is 5.01.